The van der Waals surface area contributed by atoms with Gasteiger partial charge in [-0.25, -0.2) is 9.37 Å². The smallest absolute Gasteiger partial charge is 0.265 e. The van der Waals surface area contributed by atoms with Gasteiger partial charge in [-0.15, -0.1) is 0 Å². The first-order valence-electron chi connectivity index (χ1n) is 7.96. The molecule has 0 unspecified atom stereocenters. The number of nitrogens with zero attached hydrogens (tertiary/aromatic N) is 2. The molecule has 1 aromatic carbocycles. The maximum Gasteiger partial charge on any atom is 0.265 e. The first kappa shape index (κ1) is 15.6. The van der Waals surface area contributed by atoms with Gasteiger partial charge in [-0.2, -0.15) is 0 Å². The number of carbonyl (C=O) groups is 1. The summed E-state index contributed by atoms with van der Waals surface area (Å²) in [6.07, 6.45) is 2.14. The quantitative estimate of drug-likeness (QED) is 0.793. The molecular formula is C18H16FN3O3. The van der Waals surface area contributed by atoms with E-state index >= 15 is 0 Å². The Kier molecular flexibility index (Phi) is 3.45. The molecule has 0 spiro atoms. The minimum Gasteiger partial charge on any atom is -0.442 e. The molecule has 6 nitrogen and oxygen atoms in total. The van der Waals surface area contributed by atoms with Crippen molar-refractivity contribution in [2.75, 3.05) is 0 Å². The van der Waals surface area contributed by atoms with Crippen molar-refractivity contribution < 1.29 is 13.6 Å². The van der Waals surface area contributed by atoms with Crippen LogP contribution in [0, 0.1) is 12.7 Å². The van der Waals surface area contributed by atoms with E-state index in [1.54, 1.807) is 26.1 Å². The molecular weight excluding hydrogens is 325 g/mol. The molecule has 1 saturated carbocycles. The van der Waals surface area contributed by atoms with E-state index in [2.05, 4.69) is 10.3 Å². The fourth-order valence-corrected chi connectivity index (χ4v) is 3.13. The van der Waals surface area contributed by atoms with Crippen LogP contribution in [0.1, 0.15) is 34.0 Å². The van der Waals surface area contributed by atoms with Gasteiger partial charge in [0.05, 0.1) is 5.56 Å². The molecule has 1 fully saturated rings. The van der Waals surface area contributed by atoms with Crippen LogP contribution in [0.3, 0.4) is 0 Å². The zero-order valence-electron chi connectivity index (χ0n) is 13.7. The Hall–Kier alpha value is -2.96. The Bertz CT molecular complexity index is 1040. The standard InChI is InChI=1S/C18H16FN3O3/c1-9-14(15-17(25-9)20-8-22(2)18(15)24)16(23)21-13-7-12(13)10-3-5-11(19)6-4-10/h3-6,8,12-13H,7H2,1-2H3,(H,21,23)/t12-,13-/m0/s1. The summed E-state index contributed by atoms with van der Waals surface area (Å²) in [5.41, 5.74) is 1.06. The van der Waals surface area contributed by atoms with Crippen LogP contribution in [0.2, 0.25) is 0 Å². The highest BCUT2D eigenvalue weighted by Gasteiger charge is 2.40. The Morgan fingerprint density at radius 1 is 1.36 bits per heavy atom. The third kappa shape index (κ3) is 2.61. The van der Waals surface area contributed by atoms with Gasteiger partial charge in [0, 0.05) is 19.0 Å². The minimum atomic E-state index is -0.351. The third-order valence-electron chi connectivity index (χ3n) is 4.58. The Labute approximate surface area is 142 Å². The van der Waals surface area contributed by atoms with Crippen LogP contribution in [-0.2, 0) is 7.05 Å². The Morgan fingerprint density at radius 3 is 2.80 bits per heavy atom. The van der Waals surface area contributed by atoms with E-state index in [4.69, 9.17) is 4.42 Å². The van der Waals surface area contributed by atoms with Gasteiger partial charge in [-0.1, -0.05) is 12.1 Å². The predicted octanol–water partition coefficient (Wildman–Crippen LogP) is 2.26. The molecule has 7 heteroatoms. The van der Waals surface area contributed by atoms with Gasteiger partial charge in [0.1, 0.15) is 23.3 Å². The molecule has 1 amide bonds. The maximum absolute atomic E-state index is 13.0. The van der Waals surface area contributed by atoms with Crippen molar-refractivity contribution in [2.24, 2.45) is 7.05 Å². The van der Waals surface area contributed by atoms with Crippen LogP contribution >= 0.6 is 0 Å². The topological polar surface area (TPSA) is 77.1 Å². The maximum atomic E-state index is 13.0. The highest BCUT2D eigenvalue weighted by molar-refractivity contribution is 6.06. The van der Waals surface area contributed by atoms with Gasteiger partial charge in [-0.05, 0) is 31.0 Å². The lowest BCUT2D eigenvalue weighted by molar-refractivity contribution is 0.0950. The number of aromatic nitrogens is 2. The lowest BCUT2D eigenvalue weighted by Crippen LogP contribution is -2.28. The molecule has 4 rings (SSSR count). The molecule has 0 aliphatic heterocycles. The number of rotatable bonds is 3. The second-order valence-electron chi connectivity index (χ2n) is 6.35. The second-order valence-corrected chi connectivity index (χ2v) is 6.35. The number of benzene rings is 1. The van der Waals surface area contributed by atoms with Crippen molar-refractivity contribution in [3.05, 3.63) is 63.7 Å². The summed E-state index contributed by atoms with van der Waals surface area (Å²) < 4.78 is 19.8. The number of hydrogen-bond donors (Lipinski definition) is 1. The Balaban J connectivity index is 1.60. The zero-order valence-corrected chi connectivity index (χ0v) is 13.7. The van der Waals surface area contributed by atoms with E-state index in [0.29, 0.717) is 5.76 Å². The fraction of sp³-hybridized carbons (Fsp3) is 0.278. The highest BCUT2D eigenvalue weighted by atomic mass is 19.1. The summed E-state index contributed by atoms with van der Waals surface area (Å²) in [6.45, 7) is 1.64. The first-order chi connectivity index (χ1) is 12.0. The molecule has 0 radical (unpaired) electrons. The average molecular weight is 341 g/mol. The van der Waals surface area contributed by atoms with E-state index in [0.717, 1.165) is 12.0 Å². The SMILES string of the molecule is Cc1oc2ncn(C)c(=O)c2c1C(=O)N[C@H]1C[C@H]1c1ccc(F)cc1. The van der Waals surface area contributed by atoms with Crippen molar-refractivity contribution in [3.8, 4) is 0 Å². The van der Waals surface area contributed by atoms with Gasteiger partial charge < -0.3 is 14.3 Å². The van der Waals surface area contributed by atoms with E-state index in [-0.39, 0.29) is 45.9 Å². The average Bonchev–Trinajstić information content (AvgIpc) is 3.24. The van der Waals surface area contributed by atoms with E-state index in [1.165, 1.54) is 23.0 Å². The zero-order chi connectivity index (χ0) is 17.7. The number of hydrogen-bond acceptors (Lipinski definition) is 4. The highest BCUT2D eigenvalue weighted by Crippen LogP contribution is 2.41. The van der Waals surface area contributed by atoms with Gasteiger partial charge in [0.25, 0.3) is 11.5 Å². The molecule has 2 atom stereocenters. The van der Waals surface area contributed by atoms with Gasteiger partial charge in [0.15, 0.2) is 0 Å². The number of carbonyl (C=O) groups excluding carboxylic acids is 1. The summed E-state index contributed by atoms with van der Waals surface area (Å²) in [6, 6.07) is 6.24. The summed E-state index contributed by atoms with van der Waals surface area (Å²) >= 11 is 0. The van der Waals surface area contributed by atoms with Crippen LogP contribution in [0.15, 0.2) is 39.8 Å². The van der Waals surface area contributed by atoms with Gasteiger partial charge in [-0.3, -0.25) is 9.59 Å². The minimum absolute atomic E-state index is 0.0390. The van der Waals surface area contributed by atoms with E-state index < -0.39 is 0 Å². The molecule has 1 aliphatic rings. The van der Waals surface area contributed by atoms with Crippen molar-refractivity contribution >= 4 is 17.0 Å². The lowest BCUT2D eigenvalue weighted by atomic mass is 10.1. The molecule has 1 aliphatic carbocycles. The molecule has 128 valence electrons. The van der Waals surface area contributed by atoms with Crippen LogP contribution in [-0.4, -0.2) is 21.5 Å². The monoisotopic (exact) mass is 341 g/mol. The number of amides is 1. The number of nitrogens with one attached hydrogen (secondary N) is 1. The van der Waals surface area contributed by atoms with Gasteiger partial charge >= 0.3 is 0 Å². The van der Waals surface area contributed by atoms with Crippen molar-refractivity contribution in [2.45, 2.75) is 25.3 Å². The molecule has 3 aromatic rings. The lowest BCUT2D eigenvalue weighted by Gasteiger charge is -2.05. The number of halogens is 1. The van der Waals surface area contributed by atoms with E-state index in [1.807, 2.05) is 0 Å². The first-order valence-corrected chi connectivity index (χ1v) is 7.96. The number of fused-ring (bicyclic) bond motifs is 1. The predicted molar refractivity (Wildman–Crippen MR) is 89.0 cm³/mol. The number of furan rings is 1. The molecule has 0 bridgehead atoms. The van der Waals surface area contributed by atoms with Crippen LogP contribution in [0.4, 0.5) is 4.39 Å². The normalized spacial score (nSPS) is 19.2. The fourth-order valence-electron chi connectivity index (χ4n) is 3.13. The molecule has 0 saturated heterocycles. The molecule has 2 heterocycles. The van der Waals surface area contributed by atoms with Crippen molar-refractivity contribution in [1.29, 1.82) is 0 Å². The van der Waals surface area contributed by atoms with E-state index in [9.17, 15) is 14.0 Å². The third-order valence-corrected chi connectivity index (χ3v) is 4.58. The van der Waals surface area contributed by atoms with Crippen LogP contribution in [0.25, 0.3) is 11.1 Å². The summed E-state index contributed by atoms with van der Waals surface area (Å²) in [5.74, 6) is -0.115. The van der Waals surface area contributed by atoms with Gasteiger partial charge in [0.2, 0.25) is 5.71 Å². The summed E-state index contributed by atoms with van der Waals surface area (Å²) in [5, 5.41) is 3.12. The number of aryl methyl sites for hydroxylation is 2. The van der Waals surface area contributed by atoms with Crippen LogP contribution < -0.4 is 10.9 Å². The molecule has 2 aromatic heterocycles. The Morgan fingerprint density at radius 2 is 2.08 bits per heavy atom. The van der Waals surface area contributed by atoms with Crippen molar-refractivity contribution in [3.63, 3.8) is 0 Å². The van der Waals surface area contributed by atoms with Crippen LogP contribution in [0.5, 0.6) is 0 Å². The van der Waals surface area contributed by atoms with Crippen molar-refractivity contribution in [1.82, 2.24) is 14.9 Å². The second kappa shape index (κ2) is 5.54. The molecule has 1 N–H and O–H groups in total. The largest absolute Gasteiger partial charge is 0.442 e. The summed E-state index contributed by atoms with van der Waals surface area (Å²) in [7, 11) is 1.57. The molecule has 25 heavy (non-hydrogen) atoms. The summed E-state index contributed by atoms with van der Waals surface area (Å²) in [4.78, 5) is 29.1.